The minimum atomic E-state index is -0.444. The van der Waals surface area contributed by atoms with Gasteiger partial charge in [-0.2, -0.15) is 0 Å². The van der Waals surface area contributed by atoms with Gasteiger partial charge in [-0.1, -0.05) is 34.8 Å². The topological polar surface area (TPSA) is 32.3 Å². The normalized spacial score (nSPS) is 12.6. The molecule has 0 aromatic heterocycles. The number of aliphatic hydroxyl groups excluding tert-OH is 1. The van der Waals surface area contributed by atoms with Gasteiger partial charge in [-0.15, -0.1) is 0 Å². The summed E-state index contributed by atoms with van der Waals surface area (Å²) in [6.45, 7) is 2.09. The molecule has 0 heterocycles. The lowest BCUT2D eigenvalue weighted by atomic mass is 10.3. The van der Waals surface area contributed by atoms with Crippen LogP contribution in [0.2, 0.25) is 15.1 Å². The molecule has 14 heavy (non-hydrogen) atoms. The number of halogens is 3. The van der Waals surface area contributed by atoms with E-state index in [0.29, 0.717) is 27.3 Å². The molecule has 0 aliphatic rings. The summed E-state index contributed by atoms with van der Waals surface area (Å²) < 4.78 is 0. The monoisotopic (exact) mass is 253 g/mol. The van der Waals surface area contributed by atoms with E-state index in [1.807, 2.05) is 0 Å². The zero-order chi connectivity index (χ0) is 10.7. The molecule has 0 bridgehead atoms. The van der Waals surface area contributed by atoms with E-state index in [4.69, 9.17) is 39.9 Å². The number of nitrogens with one attached hydrogen (secondary N) is 1. The second-order valence-corrected chi connectivity index (χ2v) is 4.20. The van der Waals surface area contributed by atoms with Gasteiger partial charge in [0, 0.05) is 6.54 Å². The second-order valence-electron chi connectivity index (χ2n) is 2.98. The van der Waals surface area contributed by atoms with Crippen LogP contribution in [0.4, 0.5) is 5.69 Å². The molecule has 0 radical (unpaired) electrons. The zero-order valence-electron chi connectivity index (χ0n) is 7.52. The third-order valence-corrected chi connectivity index (χ3v) is 2.63. The van der Waals surface area contributed by atoms with Crippen LogP contribution in [0.3, 0.4) is 0 Å². The van der Waals surface area contributed by atoms with Gasteiger partial charge in [0.15, 0.2) is 0 Å². The maximum Gasteiger partial charge on any atom is 0.0684 e. The third kappa shape index (κ3) is 3.21. The maximum atomic E-state index is 9.06. The number of aliphatic hydroxyl groups is 1. The first-order chi connectivity index (χ1) is 6.50. The Labute approximate surface area is 97.8 Å². The minimum Gasteiger partial charge on any atom is -0.392 e. The van der Waals surface area contributed by atoms with Crippen LogP contribution < -0.4 is 5.32 Å². The van der Waals surface area contributed by atoms with Gasteiger partial charge in [-0.05, 0) is 19.1 Å². The summed E-state index contributed by atoms with van der Waals surface area (Å²) in [5, 5.41) is 13.4. The fourth-order valence-electron chi connectivity index (χ4n) is 0.916. The van der Waals surface area contributed by atoms with Crippen molar-refractivity contribution in [1.29, 1.82) is 0 Å². The molecule has 0 spiro atoms. The number of hydrogen-bond donors (Lipinski definition) is 2. The molecule has 78 valence electrons. The molecule has 1 aromatic carbocycles. The van der Waals surface area contributed by atoms with Gasteiger partial charge in [0.05, 0.1) is 26.9 Å². The van der Waals surface area contributed by atoms with Crippen LogP contribution >= 0.6 is 34.8 Å². The van der Waals surface area contributed by atoms with Crippen LogP contribution in [-0.4, -0.2) is 17.8 Å². The summed E-state index contributed by atoms with van der Waals surface area (Å²) in [5.74, 6) is 0. The summed E-state index contributed by atoms with van der Waals surface area (Å²) in [5.41, 5.74) is 0.668. The van der Waals surface area contributed by atoms with Gasteiger partial charge in [-0.25, -0.2) is 0 Å². The molecule has 0 fully saturated rings. The Hall–Kier alpha value is -0.150. The molecule has 1 unspecified atom stereocenters. The Morgan fingerprint density at radius 2 is 1.79 bits per heavy atom. The van der Waals surface area contributed by atoms with Crippen molar-refractivity contribution < 1.29 is 5.11 Å². The Balaban J connectivity index is 2.82. The Morgan fingerprint density at radius 1 is 1.21 bits per heavy atom. The van der Waals surface area contributed by atoms with Crippen molar-refractivity contribution in [2.45, 2.75) is 13.0 Å². The molecule has 2 nitrogen and oxygen atoms in total. The number of anilines is 1. The lowest BCUT2D eigenvalue weighted by Gasteiger charge is -2.10. The molecule has 1 aromatic rings. The van der Waals surface area contributed by atoms with Gasteiger partial charge in [-0.3, -0.25) is 0 Å². The van der Waals surface area contributed by atoms with Crippen molar-refractivity contribution >= 4 is 40.5 Å². The van der Waals surface area contributed by atoms with Gasteiger partial charge >= 0.3 is 0 Å². The van der Waals surface area contributed by atoms with Gasteiger partial charge < -0.3 is 10.4 Å². The molecular weight excluding hydrogens is 244 g/mol. The first-order valence-corrected chi connectivity index (χ1v) is 5.20. The van der Waals surface area contributed by atoms with Gasteiger partial charge in [0.1, 0.15) is 0 Å². The van der Waals surface area contributed by atoms with E-state index in [9.17, 15) is 0 Å². The Morgan fingerprint density at radius 3 is 2.36 bits per heavy atom. The van der Waals surface area contributed by atoms with E-state index in [2.05, 4.69) is 5.32 Å². The highest BCUT2D eigenvalue weighted by molar-refractivity contribution is 6.44. The zero-order valence-corrected chi connectivity index (χ0v) is 9.79. The van der Waals surface area contributed by atoms with Crippen LogP contribution in [-0.2, 0) is 0 Å². The quantitative estimate of drug-likeness (QED) is 0.810. The van der Waals surface area contributed by atoms with Crippen molar-refractivity contribution in [3.05, 3.63) is 27.2 Å². The Bertz CT molecular complexity index is 328. The fourth-order valence-corrected chi connectivity index (χ4v) is 1.53. The van der Waals surface area contributed by atoms with E-state index in [0.717, 1.165) is 0 Å². The van der Waals surface area contributed by atoms with Crippen LogP contribution in [0.1, 0.15) is 6.92 Å². The highest BCUT2D eigenvalue weighted by Gasteiger charge is 2.06. The van der Waals surface area contributed by atoms with Crippen molar-refractivity contribution in [1.82, 2.24) is 0 Å². The lowest BCUT2D eigenvalue weighted by molar-refractivity contribution is 0.208. The molecule has 0 amide bonds. The predicted octanol–water partition coefficient (Wildman–Crippen LogP) is 3.44. The van der Waals surface area contributed by atoms with Crippen LogP contribution in [0.15, 0.2) is 12.1 Å². The average Bonchev–Trinajstić information content (AvgIpc) is 2.09. The van der Waals surface area contributed by atoms with Gasteiger partial charge in [0.25, 0.3) is 0 Å². The van der Waals surface area contributed by atoms with Crippen LogP contribution in [0, 0.1) is 0 Å². The fraction of sp³-hybridized carbons (Fsp3) is 0.333. The smallest absolute Gasteiger partial charge is 0.0684 e. The molecule has 1 atom stereocenters. The lowest BCUT2D eigenvalue weighted by Crippen LogP contribution is -2.15. The highest BCUT2D eigenvalue weighted by Crippen LogP contribution is 2.32. The first kappa shape index (κ1) is 11.9. The number of hydrogen-bond acceptors (Lipinski definition) is 2. The molecule has 2 N–H and O–H groups in total. The van der Waals surface area contributed by atoms with Crippen LogP contribution in [0.25, 0.3) is 0 Å². The number of benzene rings is 1. The van der Waals surface area contributed by atoms with Crippen molar-refractivity contribution in [2.75, 3.05) is 11.9 Å². The summed E-state index contributed by atoms with van der Waals surface area (Å²) in [4.78, 5) is 0. The average molecular weight is 255 g/mol. The van der Waals surface area contributed by atoms with Crippen molar-refractivity contribution in [3.63, 3.8) is 0 Å². The summed E-state index contributed by atoms with van der Waals surface area (Å²) in [6.07, 6.45) is -0.444. The maximum absolute atomic E-state index is 9.06. The predicted molar refractivity (Wildman–Crippen MR) is 61.6 cm³/mol. The Kier molecular flexibility index (Phi) is 4.32. The largest absolute Gasteiger partial charge is 0.392 e. The first-order valence-electron chi connectivity index (χ1n) is 4.07. The van der Waals surface area contributed by atoms with Crippen molar-refractivity contribution in [2.24, 2.45) is 0 Å². The van der Waals surface area contributed by atoms with E-state index in [1.54, 1.807) is 19.1 Å². The van der Waals surface area contributed by atoms with Crippen LogP contribution in [0.5, 0.6) is 0 Å². The molecule has 0 saturated heterocycles. The summed E-state index contributed by atoms with van der Waals surface area (Å²) in [7, 11) is 0. The molecular formula is C9H10Cl3NO. The highest BCUT2D eigenvalue weighted by atomic mass is 35.5. The van der Waals surface area contributed by atoms with E-state index in [-0.39, 0.29) is 0 Å². The molecule has 5 heteroatoms. The van der Waals surface area contributed by atoms with E-state index in [1.165, 1.54) is 0 Å². The SMILES string of the molecule is CC(O)CNc1cc(Cl)c(Cl)cc1Cl. The molecule has 0 aliphatic heterocycles. The summed E-state index contributed by atoms with van der Waals surface area (Å²) >= 11 is 17.5. The minimum absolute atomic E-state index is 0.414. The van der Waals surface area contributed by atoms with E-state index < -0.39 is 6.10 Å². The van der Waals surface area contributed by atoms with E-state index >= 15 is 0 Å². The number of rotatable bonds is 3. The van der Waals surface area contributed by atoms with Crippen molar-refractivity contribution in [3.8, 4) is 0 Å². The third-order valence-electron chi connectivity index (χ3n) is 1.60. The summed E-state index contributed by atoms with van der Waals surface area (Å²) in [6, 6.07) is 3.20. The molecule has 0 saturated carbocycles. The standard InChI is InChI=1S/C9H10Cl3NO/c1-5(14)4-13-9-3-7(11)6(10)2-8(9)12/h2-3,5,13-14H,4H2,1H3. The molecule has 1 rings (SSSR count). The molecule has 0 aliphatic carbocycles. The second kappa shape index (κ2) is 5.08. The van der Waals surface area contributed by atoms with Gasteiger partial charge in [0.2, 0.25) is 0 Å².